The van der Waals surface area contributed by atoms with E-state index >= 15 is 0 Å². The largest absolute Gasteiger partial charge is 0.457 e. The van der Waals surface area contributed by atoms with Gasteiger partial charge in [-0.15, -0.1) is 11.3 Å². The van der Waals surface area contributed by atoms with E-state index in [1.807, 2.05) is 72.8 Å². The van der Waals surface area contributed by atoms with E-state index in [2.05, 4.69) is 10.3 Å². The number of nitrogens with one attached hydrogen (secondary N) is 1. The van der Waals surface area contributed by atoms with Crippen molar-refractivity contribution in [2.45, 2.75) is 19.0 Å². The molecular formula is C25H24N4O3S. The summed E-state index contributed by atoms with van der Waals surface area (Å²) < 4.78 is 6.97. The first-order chi connectivity index (χ1) is 16.0. The number of urea groups is 1. The van der Waals surface area contributed by atoms with E-state index in [0.29, 0.717) is 18.0 Å². The van der Waals surface area contributed by atoms with E-state index < -0.39 is 12.1 Å². The number of hydrogen-bond donors (Lipinski definition) is 2. The van der Waals surface area contributed by atoms with Gasteiger partial charge in [0.2, 0.25) is 5.91 Å². The van der Waals surface area contributed by atoms with E-state index in [9.17, 15) is 9.59 Å². The van der Waals surface area contributed by atoms with E-state index in [4.69, 9.17) is 10.5 Å². The highest BCUT2D eigenvalue weighted by Gasteiger charge is 2.21. The molecule has 0 fully saturated rings. The van der Waals surface area contributed by atoms with Gasteiger partial charge in [0, 0.05) is 7.05 Å². The van der Waals surface area contributed by atoms with Gasteiger partial charge in [0.1, 0.15) is 16.5 Å². The molecule has 168 valence electrons. The Morgan fingerprint density at radius 2 is 1.76 bits per heavy atom. The molecule has 0 saturated carbocycles. The Labute approximate surface area is 195 Å². The summed E-state index contributed by atoms with van der Waals surface area (Å²) in [7, 11) is 1.73. The Morgan fingerprint density at radius 1 is 1.03 bits per heavy atom. The molecule has 0 radical (unpaired) electrons. The highest BCUT2D eigenvalue weighted by atomic mass is 32.1. The Balaban J connectivity index is 1.47. The topological polar surface area (TPSA) is 97.5 Å². The third kappa shape index (κ3) is 5.87. The number of benzene rings is 3. The first-order valence-corrected chi connectivity index (χ1v) is 11.3. The molecule has 4 aromatic rings. The zero-order chi connectivity index (χ0) is 23.2. The van der Waals surface area contributed by atoms with Gasteiger partial charge in [0.25, 0.3) is 0 Å². The molecule has 3 N–H and O–H groups in total. The number of nitrogens with two attached hydrogens (primary N) is 1. The maximum atomic E-state index is 13.0. The van der Waals surface area contributed by atoms with Crippen LogP contribution in [0.5, 0.6) is 11.5 Å². The summed E-state index contributed by atoms with van der Waals surface area (Å²) in [6.07, 6.45) is 0.0547. The Hall–Kier alpha value is -3.91. The van der Waals surface area contributed by atoms with E-state index in [1.165, 1.54) is 0 Å². The number of nitrogens with zero attached hydrogens (tertiary/aromatic N) is 2. The normalized spacial score (nSPS) is 11.7. The number of primary amides is 1. The minimum absolute atomic E-state index is 0.0547. The number of hydrogen-bond acceptors (Lipinski definition) is 5. The van der Waals surface area contributed by atoms with Gasteiger partial charge in [-0.1, -0.05) is 42.5 Å². The Bertz CT molecular complexity index is 1230. The van der Waals surface area contributed by atoms with Crippen molar-refractivity contribution >= 4 is 33.5 Å². The highest BCUT2D eigenvalue weighted by Crippen LogP contribution is 2.27. The summed E-state index contributed by atoms with van der Waals surface area (Å²) in [4.78, 5) is 30.8. The zero-order valence-corrected chi connectivity index (χ0v) is 18.9. The molecule has 1 unspecified atom stereocenters. The van der Waals surface area contributed by atoms with Crippen molar-refractivity contribution < 1.29 is 14.3 Å². The quantitative estimate of drug-likeness (QED) is 0.393. The van der Waals surface area contributed by atoms with Crippen LogP contribution in [-0.4, -0.2) is 28.9 Å². The van der Waals surface area contributed by atoms with Gasteiger partial charge in [-0.3, -0.25) is 4.79 Å². The van der Waals surface area contributed by atoms with E-state index in [-0.39, 0.29) is 12.3 Å². The number of rotatable bonds is 8. The van der Waals surface area contributed by atoms with Gasteiger partial charge in [-0.25, -0.2) is 9.78 Å². The second kappa shape index (κ2) is 10.1. The summed E-state index contributed by atoms with van der Waals surface area (Å²) in [5.41, 5.74) is 7.04. The van der Waals surface area contributed by atoms with Crippen LogP contribution in [0, 0.1) is 0 Å². The number of carbonyl (C=O) groups is 2. The number of para-hydroxylation sites is 2. The first-order valence-electron chi connectivity index (χ1n) is 10.4. The summed E-state index contributed by atoms with van der Waals surface area (Å²) in [6.45, 7) is 0.388. The Morgan fingerprint density at radius 3 is 2.52 bits per heavy atom. The van der Waals surface area contributed by atoms with Gasteiger partial charge in [-0.05, 0) is 42.0 Å². The van der Waals surface area contributed by atoms with Gasteiger partial charge in [0.15, 0.2) is 0 Å². The molecule has 3 aromatic carbocycles. The van der Waals surface area contributed by atoms with Gasteiger partial charge >= 0.3 is 6.03 Å². The van der Waals surface area contributed by atoms with Crippen LogP contribution in [0.2, 0.25) is 0 Å². The lowest BCUT2D eigenvalue weighted by Gasteiger charge is -2.22. The van der Waals surface area contributed by atoms with Crippen molar-refractivity contribution in [2.24, 2.45) is 5.73 Å². The van der Waals surface area contributed by atoms with Crippen molar-refractivity contribution in [3.63, 3.8) is 0 Å². The predicted octanol–water partition coefficient (Wildman–Crippen LogP) is 4.85. The summed E-state index contributed by atoms with van der Waals surface area (Å²) in [6, 6.07) is 23.2. The summed E-state index contributed by atoms with van der Waals surface area (Å²) >= 11 is 1.56. The smallest absolute Gasteiger partial charge is 0.312 e. The van der Waals surface area contributed by atoms with Gasteiger partial charge < -0.3 is 20.7 Å². The number of fused-ring (bicyclic) bond motifs is 1. The second-order valence-corrected chi connectivity index (χ2v) is 8.69. The van der Waals surface area contributed by atoms with Crippen LogP contribution in [-0.2, 0) is 11.3 Å². The molecule has 0 aliphatic carbocycles. The molecule has 1 heterocycles. The number of aromatic nitrogens is 1. The molecule has 1 atom stereocenters. The fourth-order valence-electron chi connectivity index (χ4n) is 3.45. The number of amides is 3. The predicted molar refractivity (Wildman–Crippen MR) is 129 cm³/mol. The van der Waals surface area contributed by atoms with Crippen molar-refractivity contribution in [1.29, 1.82) is 0 Å². The van der Waals surface area contributed by atoms with Crippen LogP contribution in [0.4, 0.5) is 4.79 Å². The molecule has 1 aromatic heterocycles. The fourth-order valence-corrected chi connectivity index (χ4v) is 4.47. The average Bonchev–Trinajstić information content (AvgIpc) is 3.21. The molecule has 0 bridgehead atoms. The lowest BCUT2D eigenvalue weighted by Crippen LogP contribution is -2.37. The molecular weight excluding hydrogens is 436 g/mol. The van der Waals surface area contributed by atoms with Crippen molar-refractivity contribution in [1.82, 2.24) is 15.2 Å². The molecule has 0 spiro atoms. The lowest BCUT2D eigenvalue weighted by atomic mass is 10.0. The zero-order valence-electron chi connectivity index (χ0n) is 18.1. The maximum absolute atomic E-state index is 13.0. The maximum Gasteiger partial charge on any atom is 0.312 e. The van der Waals surface area contributed by atoms with Crippen LogP contribution in [0.25, 0.3) is 10.2 Å². The minimum Gasteiger partial charge on any atom is -0.457 e. The first kappa shape index (κ1) is 22.3. The van der Waals surface area contributed by atoms with Crippen LogP contribution in [0.3, 0.4) is 0 Å². The van der Waals surface area contributed by atoms with Crippen molar-refractivity contribution in [3.05, 3.63) is 89.4 Å². The monoisotopic (exact) mass is 460 g/mol. The minimum atomic E-state index is -0.698. The highest BCUT2D eigenvalue weighted by molar-refractivity contribution is 7.18. The number of thiazole rings is 1. The Kier molecular flexibility index (Phi) is 6.85. The molecule has 33 heavy (non-hydrogen) atoms. The molecule has 4 rings (SSSR count). The standard InChI is InChI=1S/C25H24N4O3S/c1-29(16-23-27-20-12-5-6-13-22(20)33-23)24(30)15-21(28-25(26)31)17-8-7-11-19(14-17)32-18-9-3-2-4-10-18/h2-14,21H,15-16H2,1H3,(H3,26,28,31). The van der Waals surface area contributed by atoms with Crippen molar-refractivity contribution in [2.75, 3.05) is 7.05 Å². The molecule has 3 amide bonds. The SMILES string of the molecule is CN(Cc1nc2ccccc2s1)C(=O)CC(NC(N)=O)c1cccc(Oc2ccccc2)c1. The molecule has 7 nitrogen and oxygen atoms in total. The lowest BCUT2D eigenvalue weighted by molar-refractivity contribution is -0.130. The third-order valence-corrected chi connectivity index (χ3v) is 6.09. The average molecular weight is 461 g/mol. The van der Waals surface area contributed by atoms with Crippen LogP contribution < -0.4 is 15.8 Å². The summed E-state index contributed by atoms with van der Waals surface area (Å²) in [5, 5.41) is 3.53. The van der Waals surface area contributed by atoms with Crippen molar-refractivity contribution in [3.8, 4) is 11.5 Å². The van der Waals surface area contributed by atoms with Crippen LogP contribution >= 0.6 is 11.3 Å². The number of carbonyl (C=O) groups excluding carboxylic acids is 2. The van der Waals surface area contributed by atoms with Gasteiger partial charge in [-0.2, -0.15) is 0 Å². The van der Waals surface area contributed by atoms with Crippen LogP contribution in [0.15, 0.2) is 78.9 Å². The molecule has 8 heteroatoms. The van der Waals surface area contributed by atoms with E-state index in [0.717, 1.165) is 20.8 Å². The second-order valence-electron chi connectivity index (χ2n) is 7.58. The number of ether oxygens (including phenoxy) is 1. The third-order valence-electron chi connectivity index (χ3n) is 5.07. The molecule has 0 aliphatic heterocycles. The molecule has 0 saturated heterocycles. The van der Waals surface area contributed by atoms with E-state index in [1.54, 1.807) is 29.4 Å². The van der Waals surface area contributed by atoms with Crippen LogP contribution in [0.1, 0.15) is 23.0 Å². The van der Waals surface area contributed by atoms with Gasteiger partial charge in [0.05, 0.1) is 29.2 Å². The molecule has 0 aliphatic rings. The fraction of sp³-hybridized carbons (Fsp3) is 0.160. The summed E-state index contributed by atoms with van der Waals surface area (Å²) in [5.74, 6) is 1.16.